The van der Waals surface area contributed by atoms with E-state index in [1.54, 1.807) is 36.4 Å². The Kier molecular flexibility index (Phi) is 6.15. The Morgan fingerprint density at radius 2 is 1.50 bits per heavy atom. The lowest BCUT2D eigenvalue weighted by atomic mass is 10.2. The quantitative estimate of drug-likeness (QED) is 0.518. The number of hydrogen-bond acceptors (Lipinski definition) is 3. The third-order valence-electron chi connectivity index (χ3n) is 3.66. The van der Waals surface area contributed by atoms with E-state index in [9.17, 15) is 13.2 Å². The molecule has 2 N–H and O–H groups in total. The molecular weight excluding hydrogens is 443 g/mol. The molecule has 0 unspecified atom stereocenters. The standard InChI is InChI=1S/C19H13Cl3N2O3S/c20-13-5-7-15(8-6-13)24-28(26,27)18-10-12(4-9-17(18)22)19(25)23-16-3-1-2-14(21)11-16/h1-11,24H,(H,23,25). The Balaban J connectivity index is 1.87. The molecule has 3 aromatic rings. The van der Waals surface area contributed by atoms with Gasteiger partial charge in [0.25, 0.3) is 15.9 Å². The van der Waals surface area contributed by atoms with E-state index < -0.39 is 15.9 Å². The van der Waals surface area contributed by atoms with Gasteiger partial charge in [0.15, 0.2) is 0 Å². The molecule has 0 atom stereocenters. The predicted octanol–water partition coefficient (Wildman–Crippen LogP) is 5.70. The summed E-state index contributed by atoms with van der Waals surface area (Å²) in [7, 11) is -4.02. The molecule has 0 fully saturated rings. The van der Waals surface area contributed by atoms with Gasteiger partial charge in [0.1, 0.15) is 4.90 Å². The molecule has 3 rings (SSSR count). The summed E-state index contributed by atoms with van der Waals surface area (Å²) in [5, 5.41) is 3.58. The van der Waals surface area contributed by atoms with Gasteiger partial charge in [0.2, 0.25) is 0 Å². The van der Waals surface area contributed by atoms with Crippen molar-refractivity contribution in [2.75, 3.05) is 10.0 Å². The minimum atomic E-state index is -4.02. The Morgan fingerprint density at radius 3 is 2.18 bits per heavy atom. The zero-order valence-corrected chi connectivity index (χ0v) is 17.2. The van der Waals surface area contributed by atoms with Crippen LogP contribution in [-0.4, -0.2) is 14.3 Å². The number of anilines is 2. The highest BCUT2D eigenvalue weighted by Crippen LogP contribution is 2.26. The molecule has 5 nitrogen and oxygen atoms in total. The van der Waals surface area contributed by atoms with E-state index >= 15 is 0 Å². The number of benzene rings is 3. The predicted molar refractivity (Wildman–Crippen MR) is 113 cm³/mol. The van der Waals surface area contributed by atoms with Gasteiger partial charge in [-0.25, -0.2) is 8.42 Å². The molecule has 0 aliphatic heterocycles. The lowest BCUT2D eigenvalue weighted by Gasteiger charge is -2.11. The second-order valence-corrected chi connectivity index (χ2v) is 8.65. The van der Waals surface area contributed by atoms with Crippen LogP contribution in [0.15, 0.2) is 71.6 Å². The van der Waals surface area contributed by atoms with Gasteiger partial charge >= 0.3 is 0 Å². The summed E-state index contributed by atoms with van der Waals surface area (Å²) >= 11 is 17.8. The molecule has 0 heterocycles. The van der Waals surface area contributed by atoms with Crippen molar-refractivity contribution < 1.29 is 13.2 Å². The molecule has 0 saturated carbocycles. The van der Waals surface area contributed by atoms with Gasteiger partial charge in [-0.2, -0.15) is 0 Å². The molecule has 0 spiro atoms. The zero-order chi connectivity index (χ0) is 20.3. The van der Waals surface area contributed by atoms with Crippen molar-refractivity contribution in [2.24, 2.45) is 0 Å². The van der Waals surface area contributed by atoms with Crippen LogP contribution in [0.4, 0.5) is 11.4 Å². The highest BCUT2D eigenvalue weighted by Gasteiger charge is 2.20. The largest absolute Gasteiger partial charge is 0.322 e. The summed E-state index contributed by atoms with van der Waals surface area (Å²) in [5.74, 6) is -0.498. The maximum atomic E-state index is 12.7. The maximum absolute atomic E-state index is 12.7. The second-order valence-electron chi connectivity index (χ2n) is 5.72. The number of sulfonamides is 1. The highest BCUT2D eigenvalue weighted by atomic mass is 35.5. The first kappa shape index (κ1) is 20.5. The monoisotopic (exact) mass is 454 g/mol. The maximum Gasteiger partial charge on any atom is 0.263 e. The Hall–Kier alpha value is -2.25. The first-order valence-electron chi connectivity index (χ1n) is 7.89. The van der Waals surface area contributed by atoms with Crippen LogP contribution in [0.5, 0.6) is 0 Å². The lowest BCUT2D eigenvalue weighted by molar-refractivity contribution is 0.102. The summed E-state index contributed by atoms with van der Waals surface area (Å²) in [5.41, 5.74) is 0.922. The van der Waals surface area contributed by atoms with Gasteiger partial charge in [-0.15, -0.1) is 0 Å². The number of nitrogens with one attached hydrogen (secondary N) is 2. The first-order chi connectivity index (χ1) is 13.2. The van der Waals surface area contributed by atoms with E-state index in [1.165, 1.54) is 30.3 Å². The van der Waals surface area contributed by atoms with Crippen LogP contribution < -0.4 is 10.0 Å². The average Bonchev–Trinajstić information content (AvgIpc) is 2.63. The molecule has 0 aromatic heterocycles. The van der Waals surface area contributed by atoms with Crippen molar-refractivity contribution in [3.05, 3.63) is 87.4 Å². The molecule has 1 amide bonds. The Bertz CT molecular complexity index is 1130. The van der Waals surface area contributed by atoms with Crippen LogP contribution >= 0.6 is 34.8 Å². The van der Waals surface area contributed by atoms with Crippen LogP contribution in [-0.2, 0) is 10.0 Å². The lowest BCUT2D eigenvalue weighted by Crippen LogP contribution is -2.16. The summed E-state index contributed by atoms with van der Waals surface area (Å²) in [6.07, 6.45) is 0. The number of amides is 1. The third kappa shape index (κ3) is 4.97. The average molecular weight is 456 g/mol. The van der Waals surface area contributed by atoms with Crippen molar-refractivity contribution in [1.82, 2.24) is 0 Å². The first-order valence-corrected chi connectivity index (χ1v) is 10.5. The normalized spacial score (nSPS) is 11.1. The zero-order valence-electron chi connectivity index (χ0n) is 14.1. The summed E-state index contributed by atoms with van der Waals surface area (Å²) in [6, 6.07) is 16.7. The Morgan fingerprint density at radius 1 is 0.786 bits per heavy atom. The van der Waals surface area contributed by atoms with E-state index in [2.05, 4.69) is 10.0 Å². The topological polar surface area (TPSA) is 75.3 Å². The minimum absolute atomic E-state index is 0.0132. The number of carbonyl (C=O) groups excluding carboxylic acids is 1. The summed E-state index contributed by atoms with van der Waals surface area (Å²) < 4.78 is 27.8. The molecule has 0 radical (unpaired) electrons. The third-order valence-corrected chi connectivity index (χ3v) is 6.01. The van der Waals surface area contributed by atoms with E-state index in [4.69, 9.17) is 34.8 Å². The van der Waals surface area contributed by atoms with Crippen molar-refractivity contribution in [2.45, 2.75) is 4.90 Å². The fourth-order valence-electron chi connectivity index (χ4n) is 2.35. The number of rotatable bonds is 5. The smallest absolute Gasteiger partial charge is 0.263 e. The van der Waals surface area contributed by atoms with Crippen LogP contribution in [0, 0.1) is 0 Å². The fourth-order valence-corrected chi connectivity index (χ4v) is 4.25. The van der Waals surface area contributed by atoms with Gasteiger partial charge in [-0.05, 0) is 60.7 Å². The van der Waals surface area contributed by atoms with Gasteiger partial charge in [0.05, 0.1) is 5.02 Å². The van der Waals surface area contributed by atoms with E-state index in [0.29, 0.717) is 21.4 Å². The van der Waals surface area contributed by atoms with Crippen molar-refractivity contribution >= 4 is 62.1 Å². The SMILES string of the molecule is O=C(Nc1cccc(Cl)c1)c1ccc(Cl)c(S(=O)(=O)Nc2ccc(Cl)cc2)c1. The second kappa shape index (κ2) is 8.41. The fraction of sp³-hybridized carbons (Fsp3) is 0. The van der Waals surface area contributed by atoms with Crippen LogP contribution in [0.3, 0.4) is 0 Å². The van der Waals surface area contributed by atoms with E-state index in [0.717, 1.165) is 0 Å². The van der Waals surface area contributed by atoms with Crippen molar-refractivity contribution in [3.63, 3.8) is 0 Å². The van der Waals surface area contributed by atoms with Crippen molar-refractivity contribution in [3.8, 4) is 0 Å². The van der Waals surface area contributed by atoms with Gasteiger partial charge < -0.3 is 5.32 Å². The molecule has 28 heavy (non-hydrogen) atoms. The molecule has 0 aliphatic rings. The molecular formula is C19H13Cl3N2O3S. The Labute approximate surface area is 177 Å². The summed E-state index contributed by atoms with van der Waals surface area (Å²) in [6.45, 7) is 0. The molecule has 144 valence electrons. The molecule has 0 aliphatic carbocycles. The van der Waals surface area contributed by atoms with Crippen molar-refractivity contribution in [1.29, 1.82) is 0 Å². The van der Waals surface area contributed by atoms with Crippen LogP contribution in [0.1, 0.15) is 10.4 Å². The molecule has 0 saturated heterocycles. The van der Waals surface area contributed by atoms with E-state index in [-0.39, 0.29) is 15.5 Å². The number of carbonyl (C=O) groups is 1. The van der Waals surface area contributed by atoms with Crippen LogP contribution in [0.25, 0.3) is 0 Å². The number of hydrogen-bond donors (Lipinski definition) is 2. The van der Waals surface area contributed by atoms with Gasteiger partial charge in [0, 0.05) is 27.0 Å². The number of halogens is 3. The molecule has 3 aromatic carbocycles. The molecule has 0 bridgehead atoms. The summed E-state index contributed by atoms with van der Waals surface area (Å²) in [4.78, 5) is 12.3. The van der Waals surface area contributed by atoms with Gasteiger partial charge in [-0.3, -0.25) is 9.52 Å². The highest BCUT2D eigenvalue weighted by molar-refractivity contribution is 7.92. The minimum Gasteiger partial charge on any atom is -0.322 e. The van der Waals surface area contributed by atoms with Crippen LogP contribution in [0.2, 0.25) is 15.1 Å². The van der Waals surface area contributed by atoms with Gasteiger partial charge in [-0.1, -0.05) is 40.9 Å². The molecule has 9 heteroatoms. The van der Waals surface area contributed by atoms with E-state index in [1.807, 2.05) is 0 Å².